The maximum absolute atomic E-state index is 13.2. The Kier molecular flexibility index (Phi) is 6.35. The molecule has 0 aromatic heterocycles. The summed E-state index contributed by atoms with van der Waals surface area (Å²) in [6.07, 6.45) is 2.77. The van der Waals surface area contributed by atoms with Crippen LogP contribution in [0, 0.1) is 19.8 Å². The van der Waals surface area contributed by atoms with Crippen LogP contribution >= 0.6 is 0 Å². The Morgan fingerprint density at radius 3 is 2.41 bits per heavy atom. The van der Waals surface area contributed by atoms with Crippen LogP contribution in [0.15, 0.2) is 41.3 Å². The van der Waals surface area contributed by atoms with Crippen LogP contribution < -0.4 is 10.6 Å². The number of nitrogens with one attached hydrogen (secondary N) is 2. The average molecular weight is 456 g/mol. The number of carbonyl (C=O) groups is 2. The zero-order valence-corrected chi connectivity index (χ0v) is 19.3. The summed E-state index contributed by atoms with van der Waals surface area (Å²) in [7, 11) is -3.65. The fourth-order valence-corrected chi connectivity index (χ4v) is 6.03. The Morgan fingerprint density at radius 1 is 1.03 bits per heavy atom. The van der Waals surface area contributed by atoms with Gasteiger partial charge in [-0.05, 0) is 86.6 Å². The van der Waals surface area contributed by atoms with Gasteiger partial charge in [0.1, 0.15) is 0 Å². The van der Waals surface area contributed by atoms with Gasteiger partial charge in [0.15, 0.2) is 0 Å². The summed E-state index contributed by atoms with van der Waals surface area (Å²) < 4.78 is 27.9. The number of hydrogen-bond acceptors (Lipinski definition) is 4. The summed E-state index contributed by atoms with van der Waals surface area (Å²) in [6, 6.07) is 10.8. The highest BCUT2D eigenvalue weighted by Gasteiger charge is 2.32. The maximum atomic E-state index is 13.2. The molecule has 2 amide bonds. The molecule has 2 aromatic rings. The summed E-state index contributed by atoms with van der Waals surface area (Å²) in [5.41, 5.74) is 4.48. The van der Waals surface area contributed by atoms with Gasteiger partial charge in [0.25, 0.3) is 0 Å². The number of amides is 2. The number of fused-ring (bicyclic) bond motifs is 1. The van der Waals surface area contributed by atoms with Crippen molar-refractivity contribution in [2.24, 2.45) is 5.92 Å². The molecular formula is C24H29N3O4S. The van der Waals surface area contributed by atoms with Crippen LogP contribution in [0.1, 0.15) is 42.4 Å². The van der Waals surface area contributed by atoms with E-state index in [1.807, 2.05) is 26.0 Å². The van der Waals surface area contributed by atoms with E-state index in [1.54, 1.807) is 18.2 Å². The summed E-state index contributed by atoms with van der Waals surface area (Å²) in [5, 5.41) is 5.81. The summed E-state index contributed by atoms with van der Waals surface area (Å²) in [5.74, 6) is -0.321. The third-order valence-electron chi connectivity index (χ3n) is 6.15. The molecule has 0 radical (unpaired) electrons. The van der Waals surface area contributed by atoms with E-state index in [-0.39, 0.29) is 22.6 Å². The van der Waals surface area contributed by atoms with Gasteiger partial charge in [0, 0.05) is 36.8 Å². The van der Waals surface area contributed by atoms with Gasteiger partial charge in [-0.25, -0.2) is 8.42 Å². The van der Waals surface area contributed by atoms with Crippen LogP contribution in [0.5, 0.6) is 0 Å². The smallest absolute Gasteiger partial charge is 0.243 e. The van der Waals surface area contributed by atoms with E-state index in [9.17, 15) is 18.0 Å². The first-order valence-electron chi connectivity index (χ1n) is 11.0. The predicted molar refractivity (Wildman–Crippen MR) is 124 cm³/mol. The van der Waals surface area contributed by atoms with Gasteiger partial charge < -0.3 is 10.6 Å². The second-order valence-corrected chi connectivity index (χ2v) is 10.7. The summed E-state index contributed by atoms with van der Waals surface area (Å²) >= 11 is 0. The maximum Gasteiger partial charge on any atom is 0.243 e. The molecule has 2 aliphatic heterocycles. The van der Waals surface area contributed by atoms with Gasteiger partial charge in [0.2, 0.25) is 21.8 Å². The van der Waals surface area contributed by atoms with Gasteiger partial charge in [-0.15, -0.1) is 0 Å². The third kappa shape index (κ3) is 4.86. The minimum Gasteiger partial charge on any atom is -0.326 e. The molecule has 1 saturated heterocycles. The second-order valence-electron chi connectivity index (χ2n) is 8.76. The Balaban J connectivity index is 1.41. The zero-order chi connectivity index (χ0) is 22.9. The van der Waals surface area contributed by atoms with Gasteiger partial charge in [-0.1, -0.05) is 6.07 Å². The van der Waals surface area contributed by atoms with Crippen LogP contribution in [0.2, 0.25) is 0 Å². The van der Waals surface area contributed by atoms with Crippen molar-refractivity contribution >= 4 is 33.2 Å². The fourth-order valence-electron chi connectivity index (χ4n) is 4.51. The summed E-state index contributed by atoms with van der Waals surface area (Å²) in [6.45, 7) is 4.59. The van der Waals surface area contributed by atoms with Crippen molar-refractivity contribution in [3.05, 3.63) is 53.1 Å². The van der Waals surface area contributed by atoms with E-state index >= 15 is 0 Å². The molecule has 32 heavy (non-hydrogen) atoms. The number of aryl methyl sites for hydroxylation is 3. The number of nitrogens with zero attached hydrogens (tertiary/aromatic N) is 1. The summed E-state index contributed by atoms with van der Waals surface area (Å²) in [4.78, 5) is 24.7. The molecule has 2 aliphatic rings. The van der Waals surface area contributed by atoms with Crippen molar-refractivity contribution in [3.63, 3.8) is 0 Å². The minimum absolute atomic E-state index is 0.0412. The first-order chi connectivity index (χ1) is 15.2. The van der Waals surface area contributed by atoms with Gasteiger partial charge in [-0.2, -0.15) is 4.31 Å². The number of benzene rings is 2. The number of anilines is 2. The van der Waals surface area contributed by atoms with Gasteiger partial charge in [0.05, 0.1) is 4.90 Å². The quantitative estimate of drug-likeness (QED) is 0.736. The number of carbonyl (C=O) groups excluding carboxylic acids is 2. The lowest BCUT2D eigenvalue weighted by molar-refractivity contribution is -0.121. The lowest BCUT2D eigenvalue weighted by Gasteiger charge is -2.30. The molecule has 7 nitrogen and oxygen atoms in total. The van der Waals surface area contributed by atoms with E-state index in [0.717, 1.165) is 22.4 Å². The number of sulfonamides is 1. The van der Waals surface area contributed by atoms with E-state index in [0.29, 0.717) is 50.9 Å². The monoisotopic (exact) mass is 455 g/mol. The second kappa shape index (κ2) is 9.03. The molecule has 4 rings (SSSR count). The van der Waals surface area contributed by atoms with E-state index in [2.05, 4.69) is 16.7 Å². The molecule has 0 saturated carbocycles. The molecule has 0 bridgehead atoms. The molecule has 0 atom stereocenters. The van der Waals surface area contributed by atoms with Crippen LogP contribution in [-0.2, 0) is 26.0 Å². The van der Waals surface area contributed by atoms with E-state index < -0.39 is 10.0 Å². The Bertz CT molecular complexity index is 1130. The van der Waals surface area contributed by atoms with Crippen LogP contribution in [-0.4, -0.2) is 37.6 Å². The number of hydrogen-bond donors (Lipinski definition) is 2. The highest BCUT2D eigenvalue weighted by Crippen LogP contribution is 2.29. The average Bonchev–Trinajstić information content (AvgIpc) is 2.93. The van der Waals surface area contributed by atoms with Crippen LogP contribution in [0.4, 0.5) is 11.4 Å². The van der Waals surface area contributed by atoms with Crippen molar-refractivity contribution in [2.75, 3.05) is 23.7 Å². The largest absolute Gasteiger partial charge is 0.326 e. The Labute approximate surface area is 189 Å². The molecule has 2 N–H and O–H groups in total. The van der Waals surface area contributed by atoms with Crippen molar-refractivity contribution in [1.29, 1.82) is 0 Å². The highest BCUT2D eigenvalue weighted by molar-refractivity contribution is 7.89. The van der Waals surface area contributed by atoms with E-state index in [4.69, 9.17) is 0 Å². The molecule has 2 heterocycles. The lowest BCUT2D eigenvalue weighted by Crippen LogP contribution is -2.41. The molecule has 2 aromatic carbocycles. The number of piperidine rings is 1. The topological polar surface area (TPSA) is 95.6 Å². The van der Waals surface area contributed by atoms with Crippen molar-refractivity contribution in [2.45, 2.75) is 50.8 Å². The highest BCUT2D eigenvalue weighted by atomic mass is 32.2. The van der Waals surface area contributed by atoms with E-state index in [1.165, 1.54) is 4.31 Å². The predicted octanol–water partition coefficient (Wildman–Crippen LogP) is 3.62. The number of rotatable bonds is 4. The minimum atomic E-state index is -3.65. The Morgan fingerprint density at radius 2 is 1.72 bits per heavy atom. The molecule has 170 valence electrons. The normalized spacial score (nSPS) is 17.9. The van der Waals surface area contributed by atoms with Gasteiger partial charge >= 0.3 is 0 Å². The van der Waals surface area contributed by atoms with Crippen LogP contribution in [0.3, 0.4) is 0 Å². The van der Waals surface area contributed by atoms with Crippen molar-refractivity contribution in [3.8, 4) is 0 Å². The molecule has 0 aliphatic carbocycles. The first kappa shape index (κ1) is 22.5. The SMILES string of the molecule is Cc1cc(C)cc(NC(=O)C2CCN(S(=O)(=O)c3ccc4c(c3)CCCC(=O)N4)CC2)c1. The Hall–Kier alpha value is -2.71. The molecule has 8 heteroatoms. The molecular weight excluding hydrogens is 426 g/mol. The molecule has 0 unspecified atom stereocenters. The molecule has 1 fully saturated rings. The first-order valence-corrected chi connectivity index (χ1v) is 12.5. The van der Waals surface area contributed by atoms with Crippen molar-refractivity contribution < 1.29 is 18.0 Å². The third-order valence-corrected chi connectivity index (χ3v) is 8.05. The van der Waals surface area contributed by atoms with Gasteiger partial charge in [-0.3, -0.25) is 9.59 Å². The standard InChI is InChI=1S/C24H29N3O4S/c1-16-12-17(2)14-20(13-16)25-24(29)18-8-10-27(11-9-18)32(30,31)21-6-7-22-19(15-21)4-3-5-23(28)26-22/h6-7,12-15,18H,3-5,8-11H2,1-2H3,(H,25,29)(H,26,28). The lowest BCUT2D eigenvalue weighted by atomic mass is 9.97. The van der Waals surface area contributed by atoms with Crippen LogP contribution in [0.25, 0.3) is 0 Å². The molecule has 0 spiro atoms. The zero-order valence-electron chi connectivity index (χ0n) is 18.5. The van der Waals surface area contributed by atoms with Crippen molar-refractivity contribution in [1.82, 2.24) is 4.31 Å². The fraction of sp³-hybridized carbons (Fsp3) is 0.417.